The van der Waals surface area contributed by atoms with E-state index >= 15 is 0 Å². The van der Waals surface area contributed by atoms with Crippen LogP contribution in [0.25, 0.3) is 11.1 Å². The topological polar surface area (TPSA) is 73.0 Å². The Labute approximate surface area is 183 Å². The zero-order valence-electron chi connectivity index (χ0n) is 17.4. The SMILES string of the molecule is CN(C)Cc1ccc(-c2ccccc2CNC(=O)c2n[nH]c3c2CNCC3)cc1.Cl. The van der Waals surface area contributed by atoms with Crippen molar-refractivity contribution >= 4 is 18.3 Å². The Morgan fingerprint density at radius 2 is 1.90 bits per heavy atom. The number of nitrogens with zero attached hydrogens (tertiary/aromatic N) is 2. The summed E-state index contributed by atoms with van der Waals surface area (Å²) in [7, 11) is 4.14. The number of amides is 1. The van der Waals surface area contributed by atoms with E-state index in [9.17, 15) is 4.79 Å². The van der Waals surface area contributed by atoms with Crippen LogP contribution < -0.4 is 10.6 Å². The fourth-order valence-electron chi connectivity index (χ4n) is 3.78. The van der Waals surface area contributed by atoms with Crippen LogP contribution in [0.1, 0.15) is 32.9 Å². The number of fused-ring (bicyclic) bond motifs is 1. The van der Waals surface area contributed by atoms with Gasteiger partial charge in [0.1, 0.15) is 0 Å². The van der Waals surface area contributed by atoms with E-state index in [-0.39, 0.29) is 18.3 Å². The first-order chi connectivity index (χ1) is 14.1. The maximum Gasteiger partial charge on any atom is 0.272 e. The van der Waals surface area contributed by atoms with Crippen molar-refractivity contribution in [3.05, 3.63) is 76.6 Å². The molecule has 0 atom stereocenters. The van der Waals surface area contributed by atoms with Crippen LogP contribution in [-0.4, -0.2) is 41.6 Å². The summed E-state index contributed by atoms with van der Waals surface area (Å²) in [5, 5.41) is 13.6. The first kappa shape index (κ1) is 22.0. The molecule has 1 amide bonds. The minimum Gasteiger partial charge on any atom is -0.347 e. The van der Waals surface area contributed by atoms with E-state index in [0.717, 1.165) is 47.5 Å². The molecule has 3 aromatic rings. The van der Waals surface area contributed by atoms with Crippen LogP contribution in [0.4, 0.5) is 0 Å². The number of nitrogens with one attached hydrogen (secondary N) is 3. The molecular formula is C23H28ClN5O. The molecular weight excluding hydrogens is 398 g/mol. The summed E-state index contributed by atoms with van der Waals surface area (Å²) in [6.45, 7) is 2.98. The molecule has 3 N–H and O–H groups in total. The lowest BCUT2D eigenvalue weighted by Crippen LogP contribution is -2.28. The fourth-order valence-corrected chi connectivity index (χ4v) is 3.78. The van der Waals surface area contributed by atoms with Gasteiger partial charge in [-0.2, -0.15) is 5.10 Å². The number of aromatic nitrogens is 2. The molecule has 0 fully saturated rings. The largest absolute Gasteiger partial charge is 0.347 e. The second kappa shape index (κ2) is 9.89. The van der Waals surface area contributed by atoms with Crippen molar-refractivity contribution in [1.29, 1.82) is 0 Å². The molecule has 0 unspecified atom stereocenters. The van der Waals surface area contributed by atoms with Gasteiger partial charge in [0.2, 0.25) is 0 Å². The summed E-state index contributed by atoms with van der Waals surface area (Å²) < 4.78 is 0. The number of hydrogen-bond acceptors (Lipinski definition) is 4. The highest BCUT2D eigenvalue weighted by atomic mass is 35.5. The minimum atomic E-state index is -0.137. The van der Waals surface area contributed by atoms with Crippen molar-refractivity contribution in [3.8, 4) is 11.1 Å². The quantitative estimate of drug-likeness (QED) is 0.567. The Balaban J connectivity index is 0.00000256. The predicted molar refractivity (Wildman–Crippen MR) is 122 cm³/mol. The number of hydrogen-bond donors (Lipinski definition) is 3. The van der Waals surface area contributed by atoms with Gasteiger partial charge in [-0.3, -0.25) is 9.89 Å². The van der Waals surface area contributed by atoms with Gasteiger partial charge in [0.05, 0.1) is 0 Å². The summed E-state index contributed by atoms with van der Waals surface area (Å²) in [5.41, 5.74) is 7.20. The van der Waals surface area contributed by atoms with Crippen LogP contribution >= 0.6 is 12.4 Å². The lowest BCUT2D eigenvalue weighted by Gasteiger charge is -2.14. The van der Waals surface area contributed by atoms with Crippen LogP contribution in [0, 0.1) is 0 Å². The third-order valence-corrected chi connectivity index (χ3v) is 5.24. The highest BCUT2D eigenvalue weighted by Gasteiger charge is 2.21. The third-order valence-electron chi connectivity index (χ3n) is 5.24. The van der Waals surface area contributed by atoms with Crippen molar-refractivity contribution in [1.82, 2.24) is 25.7 Å². The summed E-state index contributed by atoms with van der Waals surface area (Å²) >= 11 is 0. The summed E-state index contributed by atoms with van der Waals surface area (Å²) in [5.74, 6) is -0.137. The molecule has 4 rings (SSSR count). The van der Waals surface area contributed by atoms with Crippen LogP contribution in [0.15, 0.2) is 48.5 Å². The molecule has 0 radical (unpaired) electrons. The van der Waals surface area contributed by atoms with Crippen LogP contribution in [0.3, 0.4) is 0 Å². The number of rotatable bonds is 6. The highest BCUT2D eigenvalue weighted by molar-refractivity contribution is 5.94. The maximum absolute atomic E-state index is 12.7. The second-order valence-corrected chi connectivity index (χ2v) is 7.73. The van der Waals surface area contributed by atoms with E-state index in [1.807, 2.05) is 12.1 Å². The van der Waals surface area contributed by atoms with Crippen LogP contribution in [0.5, 0.6) is 0 Å². The molecule has 2 aromatic carbocycles. The fraction of sp³-hybridized carbons (Fsp3) is 0.304. The molecule has 0 saturated heterocycles. The van der Waals surface area contributed by atoms with Gasteiger partial charge in [-0.05, 0) is 36.3 Å². The van der Waals surface area contributed by atoms with Crippen molar-refractivity contribution < 1.29 is 4.79 Å². The molecule has 1 aromatic heterocycles. The van der Waals surface area contributed by atoms with E-state index < -0.39 is 0 Å². The summed E-state index contributed by atoms with van der Waals surface area (Å²) in [6.07, 6.45) is 0.877. The zero-order valence-corrected chi connectivity index (χ0v) is 18.2. The van der Waals surface area contributed by atoms with Gasteiger partial charge in [0.15, 0.2) is 5.69 Å². The van der Waals surface area contributed by atoms with Crippen molar-refractivity contribution in [3.63, 3.8) is 0 Å². The van der Waals surface area contributed by atoms with Crippen molar-refractivity contribution in [2.24, 2.45) is 0 Å². The number of aromatic amines is 1. The zero-order chi connectivity index (χ0) is 20.2. The van der Waals surface area contributed by atoms with E-state index in [1.165, 1.54) is 5.56 Å². The van der Waals surface area contributed by atoms with E-state index in [1.54, 1.807) is 0 Å². The number of benzene rings is 2. The van der Waals surface area contributed by atoms with Crippen molar-refractivity contribution in [2.45, 2.75) is 26.1 Å². The molecule has 158 valence electrons. The van der Waals surface area contributed by atoms with Gasteiger partial charge < -0.3 is 15.5 Å². The monoisotopic (exact) mass is 425 g/mol. The van der Waals surface area contributed by atoms with Crippen LogP contribution in [-0.2, 0) is 26.1 Å². The lowest BCUT2D eigenvalue weighted by molar-refractivity contribution is 0.0945. The molecule has 7 heteroatoms. The molecule has 2 heterocycles. The summed E-state index contributed by atoms with van der Waals surface area (Å²) in [4.78, 5) is 14.9. The average molecular weight is 426 g/mol. The Kier molecular flexibility index (Phi) is 7.26. The van der Waals surface area contributed by atoms with Gasteiger partial charge >= 0.3 is 0 Å². The van der Waals surface area contributed by atoms with Gasteiger partial charge in [0, 0.05) is 43.9 Å². The average Bonchev–Trinajstić information content (AvgIpc) is 3.17. The molecule has 1 aliphatic heterocycles. The summed E-state index contributed by atoms with van der Waals surface area (Å²) in [6, 6.07) is 16.8. The smallest absolute Gasteiger partial charge is 0.272 e. The molecule has 1 aliphatic rings. The predicted octanol–water partition coefficient (Wildman–Crippen LogP) is 3.14. The van der Waals surface area contributed by atoms with Gasteiger partial charge in [-0.15, -0.1) is 12.4 Å². The van der Waals surface area contributed by atoms with E-state index in [4.69, 9.17) is 0 Å². The van der Waals surface area contributed by atoms with E-state index in [0.29, 0.717) is 18.8 Å². The first-order valence-corrected chi connectivity index (χ1v) is 9.99. The Hall–Kier alpha value is -2.67. The molecule has 0 spiro atoms. The third kappa shape index (κ3) is 4.90. The minimum absolute atomic E-state index is 0. The van der Waals surface area contributed by atoms with Gasteiger partial charge in [-0.1, -0.05) is 48.5 Å². The molecule has 0 bridgehead atoms. The van der Waals surface area contributed by atoms with E-state index in [2.05, 4.69) is 76.2 Å². The highest BCUT2D eigenvalue weighted by Crippen LogP contribution is 2.24. The maximum atomic E-state index is 12.7. The second-order valence-electron chi connectivity index (χ2n) is 7.73. The number of carbonyl (C=O) groups excluding carboxylic acids is 1. The van der Waals surface area contributed by atoms with Crippen LogP contribution in [0.2, 0.25) is 0 Å². The molecule has 0 aliphatic carbocycles. The number of H-pyrrole nitrogens is 1. The Morgan fingerprint density at radius 1 is 1.13 bits per heavy atom. The van der Waals surface area contributed by atoms with Gasteiger partial charge in [0.25, 0.3) is 5.91 Å². The number of carbonyl (C=O) groups is 1. The number of halogens is 1. The normalized spacial score (nSPS) is 12.9. The van der Waals surface area contributed by atoms with Gasteiger partial charge in [-0.25, -0.2) is 0 Å². The van der Waals surface area contributed by atoms with Crippen molar-refractivity contribution in [2.75, 3.05) is 20.6 Å². The first-order valence-electron chi connectivity index (χ1n) is 9.99. The Morgan fingerprint density at radius 3 is 2.67 bits per heavy atom. The molecule has 30 heavy (non-hydrogen) atoms. The lowest BCUT2D eigenvalue weighted by atomic mass is 9.98. The Bertz CT molecular complexity index is 997. The molecule has 6 nitrogen and oxygen atoms in total. The molecule has 0 saturated carbocycles. The standard InChI is InChI=1S/C23H27N5O.ClH/c1-28(2)15-16-7-9-17(10-8-16)19-6-4-3-5-18(19)13-25-23(29)22-20-14-24-12-11-21(20)26-27-22;/h3-10,24H,11-15H2,1-2H3,(H,25,29)(H,26,27);1H.